The van der Waals surface area contributed by atoms with E-state index in [1.54, 1.807) is 0 Å². The summed E-state index contributed by atoms with van der Waals surface area (Å²) in [6, 6.07) is 0. The van der Waals surface area contributed by atoms with E-state index in [0.717, 1.165) is 12.8 Å². The highest BCUT2D eigenvalue weighted by atomic mass is 16.5. The summed E-state index contributed by atoms with van der Waals surface area (Å²) >= 11 is 0. The number of ketones is 1. The van der Waals surface area contributed by atoms with E-state index in [1.807, 2.05) is 0 Å². The molecule has 2 bridgehead atoms. The zero-order valence-corrected chi connectivity index (χ0v) is 6.32. The number of rotatable bonds is 0. The van der Waals surface area contributed by atoms with E-state index in [1.165, 1.54) is 0 Å². The maximum Gasteiger partial charge on any atom is 0.146 e. The summed E-state index contributed by atoms with van der Waals surface area (Å²) in [5.41, 5.74) is 0. The van der Waals surface area contributed by atoms with Crippen molar-refractivity contribution in [2.45, 2.75) is 18.9 Å². The first-order valence-corrected chi connectivity index (χ1v) is 4.08. The molecule has 3 atom stereocenters. The normalized spacial score (nSPS) is 44.1. The van der Waals surface area contributed by atoms with E-state index in [-0.39, 0.29) is 17.6 Å². The molecule has 0 unspecified atom stereocenters. The van der Waals surface area contributed by atoms with Crippen LogP contribution in [0.2, 0.25) is 0 Å². The molecular formula is C8H12O3. The number of aliphatic hydroxyl groups excluding tert-OH is 1. The lowest BCUT2D eigenvalue weighted by Crippen LogP contribution is -2.46. The molecule has 0 aromatic rings. The lowest BCUT2D eigenvalue weighted by molar-refractivity contribution is -0.149. The minimum Gasteiger partial charge on any atom is -0.392 e. The molecule has 0 radical (unpaired) electrons. The Morgan fingerprint density at radius 3 is 2.91 bits per heavy atom. The largest absolute Gasteiger partial charge is 0.392 e. The van der Waals surface area contributed by atoms with Crippen molar-refractivity contribution in [2.75, 3.05) is 13.2 Å². The Morgan fingerprint density at radius 2 is 2.18 bits per heavy atom. The van der Waals surface area contributed by atoms with Crippen LogP contribution in [0.15, 0.2) is 0 Å². The van der Waals surface area contributed by atoms with Crippen LogP contribution in [0.3, 0.4) is 0 Å². The summed E-state index contributed by atoms with van der Waals surface area (Å²) in [6.45, 7) is 0.999. The lowest BCUT2D eigenvalue weighted by Gasteiger charge is -2.35. The Labute approximate surface area is 65.4 Å². The number of hydrogen-bond acceptors (Lipinski definition) is 3. The average Bonchev–Trinajstić information content (AvgIpc) is 1.98. The molecule has 1 saturated heterocycles. The summed E-state index contributed by atoms with van der Waals surface area (Å²) in [5, 5.41) is 9.39. The van der Waals surface area contributed by atoms with Crippen molar-refractivity contribution in [1.82, 2.24) is 0 Å². The maximum atomic E-state index is 11.4. The van der Waals surface area contributed by atoms with E-state index in [2.05, 4.69) is 0 Å². The number of carbonyl (C=O) groups is 1. The maximum absolute atomic E-state index is 11.4. The number of Topliss-reactive ketones (excluding diaryl/α,β-unsaturated/α-hetero) is 1. The molecule has 2 fully saturated rings. The van der Waals surface area contributed by atoms with Gasteiger partial charge in [0.15, 0.2) is 0 Å². The fraction of sp³-hybridized carbons (Fsp3) is 0.875. The Kier molecular flexibility index (Phi) is 1.69. The van der Waals surface area contributed by atoms with Gasteiger partial charge in [-0.2, -0.15) is 0 Å². The SMILES string of the molecule is O=C1[C@@H]2CC[C@@H](O)[C@H]1COC2. The minimum atomic E-state index is -0.445. The van der Waals surface area contributed by atoms with Crippen molar-refractivity contribution in [3.63, 3.8) is 0 Å². The van der Waals surface area contributed by atoms with Crippen LogP contribution >= 0.6 is 0 Å². The number of aliphatic hydroxyl groups is 1. The summed E-state index contributed by atoms with van der Waals surface area (Å²) in [7, 11) is 0. The predicted molar refractivity (Wildman–Crippen MR) is 38.0 cm³/mol. The van der Waals surface area contributed by atoms with Crippen molar-refractivity contribution < 1.29 is 14.6 Å². The van der Waals surface area contributed by atoms with E-state index in [9.17, 15) is 9.90 Å². The van der Waals surface area contributed by atoms with Crippen LogP contribution in [-0.4, -0.2) is 30.2 Å². The van der Waals surface area contributed by atoms with Gasteiger partial charge in [-0.05, 0) is 12.8 Å². The molecule has 3 nitrogen and oxygen atoms in total. The topological polar surface area (TPSA) is 46.5 Å². The number of hydrogen-bond donors (Lipinski definition) is 1. The van der Waals surface area contributed by atoms with Gasteiger partial charge in [-0.3, -0.25) is 4.79 Å². The van der Waals surface area contributed by atoms with E-state index < -0.39 is 6.10 Å². The molecule has 1 heterocycles. The van der Waals surface area contributed by atoms with Gasteiger partial charge in [0.1, 0.15) is 5.78 Å². The van der Waals surface area contributed by atoms with Crippen LogP contribution in [-0.2, 0) is 9.53 Å². The van der Waals surface area contributed by atoms with Gasteiger partial charge in [0.25, 0.3) is 0 Å². The zero-order valence-electron chi connectivity index (χ0n) is 6.32. The number of ether oxygens (including phenoxy) is 1. The van der Waals surface area contributed by atoms with Crippen molar-refractivity contribution >= 4 is 5.78 Å². The molecule has 1 N–H and O–H groups in total. The van der Waals surface area contributed by atoms with E-state index >= 15 is 0 Å². The standard InChI is InChI=1S/C8H12O3/c9-7-2-1-5-3-11-4-6(7)8(5)10/h5-7,9H,1-4H2/t5-,6-,7-/m1/s1. The van der Waals surface area contributed by atoms with Crippen LogP contribution in [0.5, 0.6) is 0 Å². The van der Waals surface area contributed by atoms with Crippen molar-refractivity contribution in [3.8, 4) is 0 Å². The Bertz CT molecular complexity index is 178. The van der Waals surface area contributed by atoms with Crippen LogP contribution < -0.4 is 0 Å². The summed E-state index contributed by atoms with van der Waals surface area (Å²) < 4.78 is 5.20. The third-order valence-corrected chi connectivity index (χ3v) is 2.66. The third-order valence-electron chi connectivity index (χ3n) is 2.66. The lowest BCUT2D eigenvalue weighted by atomic mass is 9.77. The molecule has 1 saturated carbocycles. The molecule has 2 rings (SSSR count). The first kappa shape index (κ1) is 7.25. The van der Waals surface area contributed by atoms with E-state index in [4.69, 9.17) is 4.74 Å². The molecule has 0 spiro atoms. The predicted octanol–water partition coefficient (Wildman–Crippen LogP) is -0.0272. The highest BCUT2D eigenvalue weighted by Gasteiger charge is 2.40. The average molecular weight is 156 g/mol. The molecule has 2 aliphatic rings. The Balaban J connectivity index is 2.16. The summed E-state index contributed by atoms with van der Waals surface area (Å²) in [6.07, 6.45) is 1.13. The fourth-order valence-electron chi connectivity index (χ4n) is 1.90. The van der Waals surface area contributed by atoms with Gasteiger partial charge in [-0.15, -0.1) is 0 Å². The Hall–Kier alpha value is -0.410. The van der Waals surface area contributed by atoms with Gasteiger partial charge in [0.05, 0.1) is 25.2 Å². The highest BCUT2D eigenvalue weighted by molar-refractivity contribution is 5.85. The highest BCUT2D eigenvalue weighted by Crippen LogP contribution is 2.30. The number of carbonyl (C=O) groups excluding carboxylic acids is 1. The molecule has 0 amide bonds. The molecular weight excluding hydrogens is 144 g/mol. The minimum absolute atomic E-state index is 0.0807. The van der Waals surface area contributed by atoms with Crippen molar-refractivity contribution in [1.29, 1.82) is 0 Å². The summed E-state index contributed by atoms with van der Waals surface area (Å²) in [4.78, 5) is 11.4. The quantitative estimate of drug-likeness (QED) is 0.536. The van der Waals surface area contributed by atoms with Crippen LogP contribution in [0.4, 0.5) is 0 Å². The van der Waals surface area contributed by atoms with Crippen LogP contribution in [0.1, 0.15) is 12.8 Å². The molecule has 1 aliphatic carbocycles. The second-order valence-corrected chi connectivity index (χ2v) is 3.39. The van der Waals surface area contributed by atoms with Gasteiger partial charge >= 0.3 is 0 Å². The van der Waals surface area contributed by atoms with Crippen molar-refractivity contribution in [2.24, 2.45) is 11.8 Å². The molecule has 0 aromatic heterocycles. The van der Waals surface area contributed by atoms with Gasteiger partial charge in [-0.25, -0.2) is 0 Å². The van der Waals surface area contributed by atoms with E-state index in [0.29, 0.717) is 13.2 Å². The summed E-state index contributed by atoms with van der Waals surface area (Å²) in [5.74, 6) is 0.0784. The van der Waals surface area contributed by atoms with Gasteiger partial charge in [0.2, 0.25) is 0 Å². The Morgan fingerprint density at radius 1 is 1.36 bits per heavy atom. The van der Waals surface area contributed by atoms with Crippen molar-refractivity contribution in [3.05, 3.63) is 0 Å². The second-order valence-electron chi connectivity index (χ2n) is 3.39. The van der Waals surface area contributed by atoms with Crippen LogP contribution in [0, 0.1) is 11.8 Å². The smallest absolute Gasteiger partial charge is 0.146 e. The van der Waals surface area contributed by atoms with Gasteiger partial charge < -0.3 is 9.84 Å². The third kappa shape index (κ3) is 1.08. The molecule has 62 valence electrons. The second kappa shape index (κ2) is 2.57. The first-order chi connectivity index (χ1) is 5.29. The van der Waals surface area contributed by atoms with Gasteiger partial charge in [-0.1, -0.05) is 0 Å². The van der Waals surface area contributed by atoms with Crippen LogP contribution in [0.25, 0.3) is 0 Å². The van der Waals surface area contributed by atoms with Gasteiger partial charge in [0, 0.05) is 5.92 Å². The monoisotopic (exact) mass is 156 g/mol. The molecule has 0 aromatic carbocycles. The zero-order chi connectivity index (χ0) is 7.84. The first-order valence-electron chi connectivity index (χ1n) is 4.08. The molecule has 1 aliphatic heterocycles. The molecule has 11 heavy (non-hydrogen) atoms. The fourth-order valence-corrected chi connectivity index (χ4v) is 1.90. The molecule has 3 heteroatoms. The number of fused-ring (bicyclic) bond motifs is 2.